The second kappa shape index (κ2) is 9.61. The zero-order chi connectivity index (χ0) is 22.6. The maximum absolute atomic E-state index is 13.0. The van der Waals surface area contributed by atoms with Crippen molar-refractivity contribution in [3.05, 3.63) is 101 Å². The molecule has 1 N–H and O–H groups in total. The minimum absolute atomic E-state index is 0.196. The Morgan fingerprint density at radius 3 is 2.45 bits per heavy atom. The second-order valence-electron chi connectivity index (χ2n) is 8.25. The Kier molecular flexibility index (Phi) is 6.24. The molecule has 6 heteroatoms. The number of piperazine rings is 1. The molecule has 0 unspecified atom stereocenters. The molecule has 0 aliphatic carbocycles. The van der Waals surface area contributed by atoms with Crippen LogP contribution in [0.3, 0.4) is 0 Å². The molecule has 0 bridgehead atoms. The van der Waals surface area contributed by atoms with Crippen molar-refractivity contribution in [1.82, 2.24) is 9.88 Å². The molecule has 33 heavy (non-hydrogen) atoms. The van der Waals surface area contributed by atoms with Crippen molar-refractivity contribution in [2.45, 2.75) is 6.54 Å². The van der Waals surface area contributed by atoms with Gasteiger partial charge >= 0.3 is 0 Å². The lowest BCUT2D eigenvalue weighted by Gasteiger charge is -2.37. The van der Waals surface area contributed by atoms with Crippen LogP contribution in [-0.2, 0) is 6.54 Å². The number of halogens is 1. The number of carbonyl (C=O) groups excluding carboxylic acids is 1. The van der Waals surface area contributed by atoms with Crippen molar-refractivity contribution < 1.29 is 4.79 Å². The number of hydrogen-bond donors (Lipinski definition) is 1. The van der Waals surface area contributed by atoms with Gasteiger partial charge in [0.1, 0.15) is 0 Å². The molecule has 1 fully saturated rings. The van der Waals surface area contributed by atoms with Gasteiger partial charge < -0.3 is 10.2 Å². The Balaban J connectivity index is 1.40. The van der Waals surface area contributed by atoms with Crippen LogP contribution in [0, 0.1) is 0 Å². The summed E-state index contributed by atoms with van der Waals surface area (Å²) in [4.78, 5) is 22.4. The number of para-hydroxylation sites is 1. The van der Waals surface area contributed by atoms with Crippen LogP contribution in [0.2, 0.25) is 5.02 Å². The van der Waals surface area contributed by atoms with Gasteiger partial charge in [-0.05, 0) is 29.8 Å². The predicted octanol–water partition coefficient (Wildman–Crippen LogP) is 5.46. The smallest absolute Gasteiger partial charge is 0.255 e. The first-order chi connectivity index (χ1) is 16.2. The summed E-state index contributed by atoms with van der Waals surface area (Å²) in [6.07, 6.45) is 1.76. The lowest BCUT2D eigenvalue weighted by Crippen LogP contribution is -2.46. The Morgan fingerprint density at radius 2 is 1.67 bits per heavy atom. The standard InChI is InChI=1S/C27H25ClN4O/c28-22-10-6-9-21(17-22)27(33)30-25-18-29-24-12-5-4-11-23(24)26(25)32-15-13-31(14-16-32)19-20-7-2-1-3-8-20/h1-12,17-18H,13-16,19H2,(H,30,33). The number of hydrogen-bond acceptors (Lipinski definition) is 4. The molecule has 4 aromatic rings. The van der Waals surface area contributed by atoms with Gasteiger partial charge in [-0.15, -0.1) is 0 Å². The van der Waals surface area contributed by atoms with Gasteiger partial charge in [0, 0.05) is 48.7 Å². The fourth-order valence-corrected chi connectivity index (χ4v) is 4.54. The third-order valence-corrected chi connectivity index (χ3v) is 6.25. The molecule has 0 radical (unpaired) electrons. The van der Waals surface area contributed by atoms with Crippen LogP contribution in [0.15, 0.2) is 85.1 Å². The zero-order valence-electron chi connectivity index (χ0n) is 18.2. The van der Waals surface area contributed by atoms with E-state index in [2.05, 4.69) is 56.5 Å². The van der Waals surface area contributed by atoms with Gasteiger partial charge in [0.15, 0.2) is 0 Å². The molecule has 0 saturated carbocycles. The first-order valence-electron chi connectivity index (χ1n) is 11.1. The molecular weight excluding hydrogens is 432 g/mol. The molecule has 0 atom stereocenters. The number of amides is 1. The van der Waals surface area contributed by atoms with E-state index in [-0.39, 0.29) is 5.91 Å². The van der Waals surface area contributed by atoms with Crippen molar-refractivity contribution in [2.24, 2.45) is 0 Å². The van der Waals surface area contributed by atoms with E-state index in [1.807, 2.05) is 18.2 Å². The second-order valence-corrected chi connectivity index (χ2v) is 8.69. The molecule has 166 valence electrons. The average molecular weight is 457 g/mol. The fourth-order valence-electron chi connectivity index (χ4n) is 4.35. The van der Waals surface area contributed by atoms with Gasteiger partial charge in [-0.25, -0.2) is 0 Å². The SMILES string of the molecule is O=C(Nc1cnc2ccccc2c1N1CCN(Cc2ccccc2)CC1)c1cccc(Cl)c1. The maximum Gasteiger partial charge on any atom is 0.255 e. The molecule has 5 nitrogen and oxygen atoms in total. The van der Waals surface area contributed by atoms with E-state index in [9.17, 15) is 4.79 Å². The molecule has 0 spiro atoms. The monoisotopic (exact) mass is 456 g/mol. The summed E-state index contributed by atoms with van der Waals surface area (Å²) < 4.78 is 0. The first kappa shape index (κ1) is 21.4. The Morgan fingerprint density at radius 1 is 0.909 bits per heavy atom. The highest BCUT2D eigenvalue weighted by molar-refractivity contribution is 6.31. The Hall–Kier alpha value is -3.41. The fraction of sp³-hybridized carbons (Fsp3) is 0.185. The molecular formula is C27H25ClN4O. The first-order valence-corrected chi connectivity index (χ1v) is 11.5. The van der Waals surface area contributed by atoms with E-state index in [1.165, 1.54) is 5.56 Å². The van der Waals surface area contributed by atoms with Gasteiger partial charge in [-0.2, -0.15) is 0 Å². The Labute approximate surface area is 198 Å². The minimum atomic E-state index is -0.196. The lowest BCUT2D eigenvalue weighted by atomic mass is 10.1. The molecule has 1 aliphatic rings. The van der Waals surface area contributed by atoms with Gasteiger partial charge in [0.05, 0.1) is 23.1 Å². The van der Waals surface area contributed by atoms with E-state index in [1.54, 1.807) is 30.5 Å². The highest BCUT2D eigenvalue weighted by Gasteiger charge is 2.23. The van der Waals surface area contributed by atoms with Crippen LogP contribution < -0.4 is 10.2 Å². The molecule has 1 amide bonds. The summed E-state index contributed by atoms with van der Waals surface area (Å²) in [5, 5.41) is 4.66. The van der Waals surface area contributed by atoms with E-state index in [0.29, 0.717) is 10.6 Å². The largest absolute Gasteiger partial charge is 0.367 e. The highest BCUT2D eigenvalue weighted by atomic mass is 35.5. The topological polar surface area (TPSA) is 48.5 Å². The number of anilines is 2. The zero-order valence-corrected chi connectivity index (χ0v) is 19.0. The molecule has 1 aromatic heterocycles. The number of rotatable bonds is 5. The van der Waals surface area contributed by atoms with Crippen LogP contribution in [0.1, 0.15) is 15.9 Å². The van der Waals surface area contributed by atoms with E-state index in [4.69, 9.17) is 11.6 Å². The summed E-state index contributed by atoms with van der Waals surface area (Å²) >= 11 is 6.09. The van der Waals surface area contributed by atoms with Crippen molar-refractivity contribution >= 4 is 39.8 Å². The summed E-state index contributed by atoms with van der Waals surface area (Å²) in [5.74, 6) is -0.196. The summed E-state index contributed by atoms with van der Waals surface area (Å²) in [6.45, 7) is 4.60. The van der Waals surface area contributed by atoms with Crippen molar-refractivity contribution in [2.75, 3.05) is 36.4 Å². The average Bonchev–Trinajstić information content (AvgIpc) is 2.85. The third-order valence-electron chi connectivity index (χ3n) is 6.02. The minimum Gasteiger partial charge on any atom is -0.367 e. The predicted molar refractivity (Wildman–Crippen MR) is 135 cm³/mol. The van der Waals surface area contributed by atoms with Gasteiger partial charge in [-0.3, -0.25) is 14.7 Å². The number of nitrogens with zero attached hydrogens (tertiary/aromatic N) is 3. The molecule has 2 heterocycles. The van der Waals surface area contributed by atoms with Crippen LogP contribution in [0.25, 0.3) is 10.9 Å². The maximum atomic E-state index is 13.0. The van der Waals surface area contributed by atoms with Crippen LogP contribution in [0.5, 0.6) is 0 Å². The van der Waals surface area contributed by atoms with Gasteiger partial charge in [0.2, 0.25) is 0 Å². The number of benzene rings is 3. The van der Waals surface area contributed by atoms with Crippen LogP contribution in [0.4, 0.5) is 11.4 Å². The number of aromatic nitrogens is 1. The lowest BCUT2D eigenvalue weighted by molar-refractivity contribution is 0.102. The third kappa shape index (κ3) is 4.85. The van der Waals surface area contributed by atoms with Gasteiger partial charge in [-0.1, -0.05) is 66.2 Å². The number of pyridine rings is 1. The molecule has 1 saturated heterocycles. The summed E-state index contributed by atoms with van der Waals surface area (Å²) in [6, 6.07) is 25.6. The van der Waals surface area contributed by atoms with Crippen molar-refractivity contribution in [3.63, 3.8) is 0 Å². The highest BCUT2D eigenvalue weighted by Crippen LogP contribution is 2.34. The summed E-state index contributed by atoms with van der Waals surface area (Å²) in [5.41, 5.74) is 4.51. The van der Waals surface area contributed by atoms with E-state index >= 15 is 0 Å². The normalized spacial score (nSPS) is 14.4. The number of carbonyl (C=O) groups is 1. The quantitative estimate of drug-likeness (QED) is 0.433. The Bertz CT molecular complexity index is 1270. The van der Waals surface area contributed by atoms with Crippen LogP contribution >= 0.6 is 11.6 Å². The molecule has 1 aliphatic heterocycles. The molecule has 5 rings (SSSR count). The van der Waals surface area contributed by atoms with Gasteiger partial charge in [0.25, 0.3) is 5.91 Å². The number of nitrogens with one attached hydrogen (secondary N) is 1. The van der Waals surface area contributed by atoms with E-state index < -0.39 is 0 Å². The number of fused-ring (bicyclic) bond motifs is 1. The van der Waals surface area contributed by atoms with E-state index in [0.717, 1.165) is 55.0 Å². The molecule has 3 aromatic carbocycles. The summed E-state index contributed by atoms with van der Waals surface area (Å²) in [7, 11) is 0. The van der Waals surface area contributed by atoms with Crippen LogP contribution in [-0.4, -0.2) is 42.0 Å². The van der Waals surface area contributed by atoms with Crippen molar-refractivity contribution in [3.8, 4) is 0 Å². The van der Waals surface area contributed by atoms with Crippen molar-refractivity contribution in [1.29, 1.82) is 0 Å².